The van der Waals surface area contributed by atoms with Gasteiger partial charge in [-0.25, -0.2) is 9.97 Å². The largest absolute Gasteiger partial charge is 0.244 e. The molecule has 0 bridgehead atoms. The molecule has 0 saturated carbocycles. The van der Waals surface area contributed by atoms with Crippen molar-refractivity contribution in [2.24, 2.45) is 0 Å². The monoisotopic (exact) mass is 192 g/mol. The Bertz CT molecular complexity index is 393. The molecular weight excluding hydrogens is 180 g/mol. The molecule has 0 radical (unpaired) electrons. The molecule has 13 heavy (non-hydrogen) atoms. The molecule has 2 aromatic rings. The lowest BCUT2D eigenvalue weighted by Gasteiger charge is -2.12. The van der Waals surface area contributed by atoms with Gasteiger partial charge in [0.1, 0.15) is 15.4 Å². The van der Waals surface area contributed by atoms with Gasteiger partial charge in [0.05, 0.1) is 0 Å². The lowest BCUT2D eigenvalue weighted by Crippen LogP contribution is -2.09. The molecule has 0 N–H and O–H groups in total. The van der Waals surface area contributed by atoms with Crippen LogP contribution < -0.4 is 0 Å². The summed E-state index contributed by atoms with van der Waals surface area (Å²) in [7, 11) is 0. The highest BCUT2D eigenvalue weighted by Crippen LogP contribution is 2.29. The first-order valence-electron chi connectivity index (χ1n) is 4.29. The molecule has 68 valence electrons. The van der Waals surface area contributed by atoms with E-state index < -0.39 is 0 Å². The molecule has 0 unspecified atom stereocenters. The molecule has 2 heterocycles. The molecule has 0 fully saturated rings. The van der Waals surface area contributed by atoms with E-state index in [2.05, 4.69) is 30.7 Å². The van der Waals surface area contributed by atoms with Crippen molar-refractivity contribution in [1.82, 2.24) is 9.97 Å². The molecule has 3 heteroatoms. The summed E-state index contributed by atoms with van der Waals surface area (Å²) in [5.41, 5.74) is 1.14. The molecule has 0 aromatic carbocycles. The van der Waals surface area contributed by atoms with Crippen molar-refractivity contribution < 1.29 is 0 Å². The van der Waals surface area contributed by atoms with Gasteiger partial charge in [-0.2, -0.15) is 0 Å². The van der Waals surface area contributed by atoms with Gasteiger partial charge in [0, 0.05) is 11.6 Å². The van der Waals surface area contributed by atoms with E-state index in [0.717, 1.165) is 15.4 Å². The predicted molar refractivity (Wildman–Crippen MR) is 56.1 cm³/mol. The molecule has 0 saturated heterocycles. The summed E-state index contributed by atoms with van der Waals surface area (Å²) >= 11 is 1.68. The van der Waals surface area contributed by atoms with Crippen molar-refractivity contribution in [1.29, 1.82) is 0 Å². The van der Waals surface area contributed by atoms with E-state index >= 15 is 0 Å². The minimum Gasteiger partial charge on any atom is -0.244 e. The number of pyridine rings is 1. The molecule has 0 atom stereocenters. The highest BCUT2D eigenvalue weighted by molar-refractivity contribution is 7.18. The van der Waals surface area contributed by atoms with Crippen LogP contribution >= 0.6 is 11.3 Å². The lowest BCUT2D eigenvalue weighted by molar-refractivity contribution is 0.587. The highest BCUT2D eigenvalue weighted by Gasteiger charge is 2.18. The number of fused-ring (bicyclic) bond motifs is 1. The minimum atomic E-state index is 0.130. The Hall–Kier alpha value is -0.960. The fourth-order valence-electron chi connectivity index (χ4n) is 1.09. The number of hydrogen-bond acceptors (Lipinski definition) is 3. The normalized spacial score (nSPS) is 12.2. The van der Waals surface area contributed by atoms with Gasteiger partial charge in [-0.1, -0.05) is 32.1 Å². The molecule has 2 aromatic heterocycles. The third-order valence-corrected chi connectivity index (χ3v) is 3.21. The maximum atomic E-state index is 4.54. The summed E-state index contributed by atoms with van der Waals surface area (Å²) in [6.45, 7) is 6.51. The van der Waals surface area contributed by atoms with Crippen molar-refractivity contribution >= 4 is 21.7 Å². The van der Waals surface area contributed by atoms with Crippen LogP contribution in [0.1, 0.15) is 25.8 Å². The molecular formula is C10H12N2S. The van der Waals surface area contributed by atoms with E-state index in [9.17, 15) is 0 Å². The average molecular weight is 192 g/mol. The van der Waals surface area contributed by atoms with E-state index in [1.807, 2.05) is 18.3 Å². The number of hydrogen-bond donors (Lipinski definition) is 0. The second-order valence-corrected chi connectivity index (χ2v) is 5.07. The highest BCUT2D eigenvalue weighted by atomic mass is 32.1. The predicted octanol–water partition coefficient (Wildman–Crippen LogP) is 2.99. The Morgan fingerprint density at radius 3 is 2.69 bits per heavy atom. The summed E-state index contributed by atoms with van der Waals surface area (Å²) in [6, 6.07) is 3.93. The average Bonchev–Trinajstić information content (AvgIpc) is 2.45. The zero-order chi connectivity index (χ0) is 9.47. The van der Waals surface area contributed by atoms with Crippen LogP contribution in [0.25, 0.3) is 10.3 Å². The first kappa shape index (κ1) is 8.63. The Balaban J connectivity index is 2.63. The van der Waals surface area contributed by atoms with Crippen LogP contribution in [0.4, 0.5) is 0 Å². The van der Waals surface area contributed by atoms with Crippen LogP contribution in [0.2, 0.25) is 0 Å². The summed E-state index contributed by atoms with van der Waals surface area (Å²) in [5.74, 6) is 0. The smallest absolute Gasteiger partial charge is 0.143 e. The lowest BCUT2D eigenvalue weighted by atomic mass is 9.98. The van der Waals surface area contributed by atoms with Gasteiger partial charge >= 0.3 is 0 Å². The summed E-state index contributed by atoms with van der Waals surface area (Å²) < 4.78 is 0. The fourth-order valence-corrected chi connectivity index (χ4v) is 2.06. The van der Waals surface area contributed by atoms with Crippen LogP contribution in [-0.2, 0) is 5.41 Å². The topological polar surface area (TPSA) is 25.8 Å². The Kier molecular flexibility index (Phi) is 1.84. The number of rotatable bonds is 0. The minimum absolute atomic E-state index is 0.130. The SMILES string of the molecule is CC(C)(C)c1nc2cccnc2s1. The Morgan fingerprint density at radius 1 is 1.31 bits per heavy atom. The second-order valence-electron chi connectivity index (χ2n) is 4.10. The van der Waals surface area contributed by atoms with E-state index in [-0.39, 0.29) is 5.41 Å². The Morgan fingerprint density at radius 2 is 2.08 bits per heavy atom. The maximum Gasteiger partial charge on any atom is 0.143 e. The first-order valence-corrected chi connectivity index (χ1v) is 5.11. The van der Waals surface area contributed by atoms with E-state index in [0.29, 0.717) is 0 Å². The van der Waals surface area contributed by atoms with Crippen molar-refractivity contribution in [3.8, 4) is 0 Å². The molecule has 0 amide bonds. The number of aromatic nitrogens is 2. The van der Waals surface area contributed by atoms with Crippen LogP contribution in [-0.4, -0.2) is 9.97 Å². The van der Waals surface area contributed by atoms with Gasteiger partial charge in [-0.3, -0.25) is 0 Å². The molecule has 0 aliphatic rings. The van der Waals surface area contributed by atoms with Gasteiger partial charge in [0.15, 0.2) is 0 Å². The molecule has 0 spiro atoms. The van der Waals surface area contributed by atoms with Crippen molar-refractivity contribution in [3.05, 3.63) is 23.3 Å². The molecule has 0 aliphatic carbocycles. The number of nitrogens with zero attached hydrogens (tertiary/aromatic N) is 2. The quantitative estimate of drug-likeness (QED) is 0.641. The van der Waals surface area contributed by atoms with Crippen molar-refractivity contribution in [3.63, 3.8) is 0 Å². The fraction of sp³-hybridized carbons (Fsp3) is 0.400. The third kappa shape index (κ3) is 1.56. The van der Waals surface area contributed by atoms with Gasteiger partial charge in [0.25, 0.3) is 0 Å². The summed E-state index contributed by atoms with van der Waals surface area (Å²) in [6.07, 6.45) is 1.81. The molecule has 2 nitrogen and oxygen atoms in total. The van der Waals surface area contributed by atoms with Crippen LogP contribution in [0.15, 0.2) is 18.3 Å². The first-order chi connectivity index (χ1) is 6.07. The summed E-state index contributed by atoms with van der Waals surface area (Å²) in [5, 5.41) is 1.15. The Labute approximate surface area is 81.7 Å². The maximum absolute atomic E-state index is 4.54. The van der Waals surface area contributed by atoms with Crippen molar-refractivity contribution in [2.45, 2.75) is 26.2 Å². The molecule has 2 rings (SSSR count). The standard InChI is InChI=1S/C10H12N2S/c1-10(2,3)9-12-7-5-4-6-11-8(7)13-9/h4-6H,1-3H3. The number of thiazole rings is 1. The third-order valence-electron chi connectivity index (χ3n) is 1.81. The zero-order valence-corrected chi connectivity index (χ0v) is 8.85. The summed E-state index contributed by atoms with van der Waals surface area (Å²) in [4.78, 5) is 9.85. The molecule has 0 aliphatic heterocycles. The van der Waals surface area contributed by atoms with Gasteiger partial charge < -0.3 is 0 Å². The van der Waals surface area contributed by atoms with Crippen LogP contribution in [0, 0.1) is 0 Å². The van der Waals surface area contributed by atoms with E-state index in [4.69, 9.17) is 0 Å². The second kappa shape index (κ2) is 2.77. The van der Waals surface area contributed by atoms with Gasteiger partial charge in [-0.15, -0.1) is 0 Å². The zero-order valence-electron chi connectivity index (χ0n) is 8.03. The van der Waals surface area contributed by atoms with E-state index in [1.165, 1.54) is 0 Å². The van der Waals surface area contributed by atoms with Gasteiger partial charge in [0.2, 0.25) is 0 Å². The van der Waals surface area contributed by atoms with Gasteiger partial charge in [-0.05, 0) is 12.1 Å². The van der Waals surface area contributed by atoms with E-state index in [1.54, 1.807) is 11.3 Å². The van der Waals surface area contributed by atoms with Crippen LogP contribution in [0.3, 0.4) is 0 Å². The van der Waals surface area contributed by atoms with Crippen LogP contribution in [0.5, 0.6) is 0 Å². The van der Waals surface area contributed by atoms with Crippen molar-refractivity contribution in [2.75, 3.05) is 0 Å².